The van der Waals surface area contributed by atoms with Gasteiger partial charge in [-0.25, -0.2) is 0 Å². The number of phenols is 1. The fourth-order valence-corrected chi connectivity index (χ4v) is 2.12. The maximum Gasteiger partial charge on any atom is 0.258 e. The van der Waals surface area contributed by atoms with E-state index in [2.05, 4.69) is 26.1 Å². The van der Waals surface area contributed by atoms with E-state index in [0.717, 1.165) is 10.0 Å². The van der Waals surface area contributed by atoms with E-state index in [9.17, 15) is 5.11 Å². The summed E-state index contributed by atoms with van der Waals surface area (Å²) < 4.78 is 6.18. The highest BCUT2D eigenvalue weighted by Gasteiger charge is 2.11. The normalized spacial score (nSPS) is 10.6. The summed E-state index contributed by atoms with van der Waals surface area (Å²) in [5.41, 5.74) is 1.55. The zero-order chi connectivity index (χ0) is 13.2. The highest BCUT2D eigenvalue weighted by molar-refractivity contribution is 9.10. The zero-order valence-electron chi connectivity index (χ0n) is 9.75. The van der Waals surface area contributed by atoms with E-state index >= 15 is 0 Å². The van der Waals surface area contributed by atoms with Crippen LogP contribution in [0.2, 0.25) is 0 Å². The molecule has 0 spiro atoms. The molecule has 0 saturated heterocycles. The lowest BCUT2D eigenvalue weighted by molar-refractivity contribution is 0.432. The Kier molecular flexibility index (Phi) is 3.05. The van der Waals surface area contributed by atoms with Gasteiger partial charge in [-0.3, -0.25) is 0 Å². The first-order valence-corrected chi connectivity index (χ1v) is 6.41. The second kappa shape index (κ2) is 4.85. The number of rotatable bonds is 2. The molecule has 0 amide bonds. The molecule has 3 aromatic rings. The molecule has 2 aromatic carbocycles. The molecule has 5 heteroatoms. The van der Waals surface area contributed by atoms with Crippen LogP contribution >= 0.6 is 15.9 Å². The van der Waals surface area contributed by atoms with Gasteiger partial charge in [0.05, 0.1) is 0 Å². The first-order chi connectivity index (χ1) is 9.22. The molecule has 1 aromatic heterocycles. The van der Waals surface area contributed by atoms with Crippen LogP contribution in [0.3, 0.4) is 0 Å². The molecule has 1 N–H and O–H groups in total. The number of benzene rings is 2. The minimum absolute atomic E-state index is 0.173. The molecule has 1 heterocycles. The molecule has 0 radical (unpaired) electrons. The summed E-state index contributed by atoms with van der Waals surface area (Å²) in [5.74, 6) is 1.07. The molecule has 0 aliphatic carbocycles. The smallest absolute Gasteiger partial charge is 0.258 e. The lowest BCUT2D eigenvalue weighted by Crippen LogP contribution is -1.81. The molecule has 94 valence electrons. The van der Waals surface area contributed by atoms with Gasteiger partial charge in [0.1, 0.15) is 5.75 Å². The SMILES string of the molecule is Oc1cccc(-c2noc(-c3cccc(Br)c3)n2)c1. The predicted octanol–water partition coefficient (Wildman–Crippen LogP) is 3.87. The van der Waals surface area contributed by atoms with Crippen LogP contribution in [-0.4, -0.2) is 15.2 Å². The van der Waals surface area contributed by atoms with Crippen molar-refractivity contribution in [2.75, 3.05) is 0 Å². The Labute approximate surface area is 117 Å². The van der Waals surface area contributed by atoms with E-state index in [1.807, 2.05) is 30.3 Å². The molecular weight excluding hydrogens is 308 g/mol. The summed E-state index contributed by atoms with van der Waals surface area (Å²) in [6.45, 7) is 0. The third kappa shape index (κ3) is 2.51. The van der Waals surface area contributed by atoms with Gasteiger partial charge in [-0.1, -0.05) is 39.3 Å². The minimum Gasteiger partial charge on any atom is -0.508 e. The predicted molar refractivity (Wildman–Crippen MR) is 74.5 cm³/mol. The molecule has 0 atom stereocenters. The standard InChI is InChI=1S/C14H9BrN2O2/c15-11-5-1-4-10(7-11)14-16-13(17-19-14)9-3-2-6-12(18)8-9/h1-8,18H. The second-order valence-corrected chi connectivity index (χ2v) is 4.90. The number of aromatic hydroxyl groups is 1. The van der Waals surface area contributed by atoms with E-state index in [0.29, 0.717) is 17.3 Å². The van der Waals surface area contributed by atoms with E-state index in [1.54, 1.807) is 18.2 Å². The molecule has 0 bridgehead atoms. The number of phenolic OH excluding ortho intramolecular Hbond substituents is 1. The fraction of sp³-hybridized carbons (Fsp3) is 0. The number of halogens is 1. The Hall–Kier alpha value is -2.14. The molecule has 4 nitrogen and oxygen atoms in total. The molecule has 0 fully saturated rings. The van der Waals surface area contributed by atoms with Crippen molar-refractivity contribution in [3.8, 4) is 28.6 Å². The van der Waals surface area contributed by atoms with Crippen LogP contribution in [-0.2, 0) is 0 Å². The molecule has 0 saturated carbocycles. The summed E-state index contributed by atoms with van der Waals surface area (Å²) in [6, 6.07) is 14.4. The van der Waals surface area contributed by atoms with E-state index in [1.165, 1.54) is 0 Å². The van der Waals surface area contributed by atoms with Crippen molar-refractivity contribution in [2.24, 2.45) is 0 Å². The average molecular weight is 317 g/mol. The van der Waals surface area contributed by atoms with Gasteiger partial charge in [-0.15, -0.1) is 0 Å². The van der Waals surface area contributed by atoms with Crippen molar-refractivity contribution >= 4 is 15.9 Å². The van der Waals surface area contributed by atoms with Crippen molar-refractivity contribution in [1.29, 1.82) is 0 Å². The van der Waals surface area contributed by atoms with Gasteiger partial charge in [0, 0.05) is 15.6 Å². The molecule has 3 rings (SSSR count). The van der Waals surface area contributed by atoms with Crippen molar-refractivity contribution in [2.45, 2.75) is 0 Å². The van der Waals surface area contributed by atoms with Crippen molar-refractivity contribution in [3.05, 3.63) is 53.0 Å². The first-order valence-electron chi connectivity index (χ1n) is 5.61. The van der Waals surface area contributed by atoms with Crippen LogP contribution in [0.4, 0.5) is 0 Å². The summed E-state index contributed by atoms with van der Waals surface area (Å²) >= 11 is 3.40. The number of aromatic nitrogens is 2. The lowest BCUT2D eigenvalue weighted by Gasteiger charge is -1.95. The Balaban J connectivity index is 2.00. The number of nitrogens with zero attached hydrogens (tertiary/aromatic N) is 2. The van der Waals surface area contributed by atoms with Gasteiger partial charge in [0.25, 0.3) is 5.89 Å². The van der Waals surface area contributed by atoms with Crippen LogP contribution in [0, 0.1) is 0 Å². The first kappa shape index (κ1) is 11.9. The summed E-state index contributed by atoms with van der Waals surface area (Å²) in [7, 11) is 0. The Bertz CT molecular complexity index is 665. The monoisotopic (exact) mass is 316 g/mol. The summed E-state index contributed by atoms with van der Waals surface area (Å²) in [5, 5.41) is 13.4. The summed E-state index contributed by atoms with van der Waals surface area (Å²) in [6.07, 6.45) is 0. The zero-order valence-corrected chi connectivity index (χ0v) is 11.3. The Morgan fingerprint density at radius 1 is 1.00 bits per heavy atom. The fourth-order valence-electron chi connectivity index (χ4n) is 1.72. The molecule has 0 unspecified atom stereocenters. The van der Waals surface area contributed by atoms with Crippen LogP contribution in [0.25, 0.3) is 22.8 Å². The van der Waals surface area contributed by atoms with Gasteiger partial charge >= 0.3 is 0 Å². The third-order valence-electron chi connectivity index (χ3n) is 2.60. The topological polar surface area (TPSA) is 59.2 Å². The molecule has 0 aliphatic heterocycles. The van der Waals surface area contributed by atoms with Crippen molar-refractivity contribution in [1.82, 2.24) is 10.1 Å². The quantitative estimate of drug-likeness (QED) is 0.779. The molecule has 19 heavy (non-hydrogen) atoms. The summed E-state index contributed by atoms with van der Waals surface area (Å²) in [4.78, 5) is 4.32. The third-order valence-corrected chi connectivity index (χ3v) is 3.10. The van der Waals surface area contributed by atoms with E-state index < -0.39 is 0 Å². The van der Waals surface area contributed by atoms with Crippen LogP contribution in [0.5, 0.6) is 5.75 Å². The largest absolute Gasteiger partial charge is 0.508 e. The Morgan fingerprint density at radius 3 is 2.58 bits per heavy atom. The van der Waals surface area contributed by atoms with Gasteiger partial charge in [0.2, 0.25) is 5.82 Å². The minimum atomic E-state index is 0.173. The van der Waals surface area contributed by atoms with Crippen LogP contribution < -0.4 is 0 Å². The van der Waals surface area contributed by atoms with Crippen molar-refractivity contribution in [3.63, 3.8) is 0 Å². The lowest BCUT2D eigenvalue weighted by atomic mass is 10.2. The van der Waals surface area contributed by atoms with Crippen LogP contribution in [0.15, 0.2) is 57.5 Å². The highest BCUT2D eigenvalue weighted by Crippen LogP contribution is 2.25. The number of hydrogen-bond donors (Lipinski definition) is 1. The van der Waals surface area contributed by atoms with Gasteiger partial charge in [0.15, 0.2) is 0 Å². The highest BCUT2D eigenvalue weighted by atomic mass is 79.9. The maximum absolute atomic E-state index is 9.44. The van der Waals surface area contributed by atoms with Crippen LogP contribution in [0.1, 0.15) is 0 Å². The number of hydrogen-bond acceptors (Lipinski definition) is 4. The van der Waals surface area contributed by atoms with Gasteiger partial charge in [-0.05, 0) is 30.3 Å². The van der Waals surface area contributed by atoms with E-state index in [-0.39, 0.29) is 5.75 Å². The average Bonchev–Trinajstić information content (AvgIpc) is 2.88. The van der Waals surface area contributed by atoms with Crippen molar-refractivity contribution < 1.29 is 9.63 Å². The van der Waals surface area contributed by atoms with Gasteiger partial charge in [-0.2, -0.15) is 4.98 Å². The van der Waals surface area contributed by atoms with Gasteiger partial charge < -0.3 is 9.63 Å². The second-order valence-electron chi connectivity index (χ2n) is 3.98. The Morgan fingerprint density at radius 2 is 1.79 bits per heavy atom. The maximum atomic E-state index is 9.44. The molecular formula is C14H9BrN2O2. The molecule has 0 aliphatic rings. The van der Waals surface area contributed by atoms with E-state index in [4.69, 9.17) is 4.52 Å².